The molecule has 4 nitrogen and oxygen atoms in total. The molecule has 0 saturated carbocycles. The molecule has 2 aromatic carbocycles. The van der Waals surface area contributed by atoms with Gasteiger partial charge in [-0.1, -0.05) is 44.2 Å². The maximum absolute atomic E-state index is 14.1. The fraction of sp³-hybridized carbons (Fsp3) is 0.200. The summed E-state index contributed by atoms with van der Waals surface area (Å²) in [6.45, 7) is 3.97. The van der Waals surface area contributed by atoms with E-state index in [2.05, 4.69) is 10.4 Å². The second-order valence-electron chi connectivity index (χ2n) is 6.29. The number of nitrogens with one attached hydrogen (secondary N) is 1. The monoisotopic (exact) mass is 337 g/mol. The molecule has 0 radical (unpaired) electrons. The molecule has 0 unspecified atom stereocenters. The summed E-state index contributed by atoms with van der Waals surface area (Å²) < 4.78 is 15.7. The van der Waals surface area contributed by atoms with Crippen molar-refractivity contribution in [2.45, 2.75) is 20.3 Å². The fourth-order valence-electron chi connectivity index (χ4n) is 2.60. The van der Waals surface area contributed by atoms with Gasteiger partial charge >= 0.3 is 0 Å². The number of para-hydroxylation sites is 1. The lowest BCUT2D eigenvalue weighted by molar-refractivity contribution is -0.116. The molecule has 3 aromatic rings. The van der Waals surface area contributed by atoms with E-state index < -0.39 is 0 Å². The van der Waals surface area contributed by atoms with Gasteiger partial charge in [0.2, 0.25) is 5.91 Å². The van der Waals surface area contributed by atoms with Crippen molar-refractivity contribution in [3.05, 3.63) is 66.5 Å². The highest BCUT2D eigenvalue weighted by Crippen LogP contribution is 2.26. The predicted molar refractivity (Wildman–Crippen MR) is 97.0 cm³/mol. The molecule has 1 N–H and O–H groups in total. The zero-order chi connectivity index (χ0) is 17.8. The number of carbonyl (C=O) groups is 1. The normalized spacial score (nSPS) is 10.9. The molecule has 0 aliphatic heterocycles. The fourth-order valence-corrected chi connectivity index (χ4v) is 2.60. The Kier molecular flexibility index (Phi) is 4.93. The van der Waals surface area contributed by atoms with Crippen molar-refractivity contribution in [2.75, 3.05) is 5.32 Å². The van der Waals surface area contributed by atoms with Crippen LogP contribution in [0.5, 0.6) is 0 Å². The van der Waals surface area contributed by atoms with E-state index >= 15 is 0 Å². The highest BCUT2D eigenvalue weighted by atomic mass is 19.1. The van der Waals surface area contributed by atoms with Gasteiger partial charge in [0.15, 0.2) is 0 Å². The Morgan fingerprint density at radius 3 is 2.48 bits per heavy atom. The van der Waals surface area contributed by atoms with Gasteiger partial charge in [-0.2, -0.15) is 5.10 Å². The third-order valence-electron chi connectivity index (χ3n) is 3.72. The SMILES string of the molecule is CC(C)CC(=O)Nc1cc(-c2ccccc2F)nn1-c1ccccc1. The summed E-state index contributed by atoms with van der Waals surface area (Å²) in [7, 11) is 0. The standard InChI is InChI=1S/C20H20FN3O/c1-14(2)12-20(25)22-19-13-18(16-10-6-7-11-17(16)21)23-24(19)15-8-4-3-5-9-15/h3-11,13-14H,12H2,1-2H3,(H,22,25). The van der Waals surface area contributed by atoms with Crippen molar-refractivity contribution in [2.24, 2.45) is 5.92 Å². The van der Waals surface area contributed by atoms with Gasteiger partial charge in [0.05, 0.1) is 11.4 Å². The third-order valence-corrected chi connectivity index (χ3v) is 3.72. The van der Waals surface area contributed by atoms with Gasteiger partial charge in [0, 0.05) is 18.1 Å². The predicted octanol–water partition coefficient (Wildman–Crippen LogP) is 4.66. The lowest BCUT2D eigenvalue weighted by Gasteiger charge is -2.09. The van der Waals surface area contributed by atoms with Crippen molar-refractivity contribution >= 4 is 11.7 Å². The van der Waals surface area contributed by atoms with Crippen molar-refractivity contribution < 1.29 is 9.18 Å². The zero-order valence-electron chi connectivity index (χ0n) is 14.2. The average Bonchev–Trinajstić information content (AvgIpc) is 2.98. The van der Waals surface area contributed by atoms with E-state index in [4.69, 9.17) is 0 Å². The van der Waals surface area contributed by atoms with Gasteiger partial charge < -0.3 is 5.32 Å². The van der Waals surface area contributed by atoms with Crippen LogP contribution in [0.4, 0.5) is 10.2 Å². The minimum atomic E-state index is -0.347. The van der Waals surface area contributed by atoms with Crippen LogP contribution >= 0.6 is 0 Å². The summed E-state index contributed by atoms with van der Waals surface area (Å²) >= 11 is 0. The van der Waals surface area contributed by atoms with Gasteiger partial charge in [0.1, 0.15) is 11.6 Å². The second kappa shape index (κ2) is 7.30. The van der Waals surface area contributed by atoms with E-state index in [0.29, 0.717) is 23.5 Å². The van der Waals surface area contributed by atoms with Crippen LogP contribution < -0.4 is 5.32 Å². The Hall–Kier alpha value is -2.95. The molecule has 1 heterocycles. The Balaban J connectivity index is 2.03. The Labute approximate surface area is 146 Å². The zero-order valence-corrected chi connectivity index (χ0v) is 14.2. The first-order valence-electron chi connectivity index (χ1n) is 8.25. The summed E-state index contributed by atoms with van der Waals surface area (Å²) in [5, 5.41) is 7.39. The van der Waals surface area contributed by atoms with Gasteiger partial charge in [0.25, 0.3) is 0 Å². The first-order valence-corrected chi connectivity index (χ1v) is 8.25. The number of hydrogen-bond donors (Lipinski definition) is 1. The molecular weight excluding hydrogens is 317 g/mol. The van der Waals surface area contributed by atoms with Crippen LogP contribution in [-0.2, 0) is 4.79 Å². The van der Waals surface area contributed by atoms with E-state index in [1.165, 1.54) is 6.07 Å². The number of carbonyl (C=O) groups excluding carboxylic acids is 1. The number of halogens is 1. The van der Waals surface area contributed by atoms with Crippen molar-refractivity contribution in [3.8, 4) is 16.9 Å². The minimum absolute atomic E-state index is 0.0906. The first-order chi connectivity index (χ1) is 12.0. The molecule has 1 amide bonds. The Bertz CT molecular complexity index is 872. The number of aromatic nitrogens is 2. The molecular formula is C20H20FN3O. The number of hydrogen-bond acceptors (Lipinski definition) is 2. The molecule has 128 valence electrons. The molecule has 0 atom stereocenters. The summed E-state index contributed by atoms with van der Waals surface area (Å²) in [6, 6.07) is 17.6. The summed E-state index contributed by atoms with van der Waals surface area (Å²) in [5.74, 6) is 0.335. The van der Waals surface area contributed by atoms with Crippen LogP contribution in [0.1, 0.15) is 20.3 Å². The van der Waals surface area contributed by atoms with E-state index in [0.717, 1.165) is 5.69 Å². The van der Waals surface area contributed by atoms with Crippen LogP contribution in [0.25, 0.3) is 16.9 Å². The molecule has 5 heteroatoms. The lowest BCUT2D eigenvalue weighted by atomic mass is 10.1. The molecule has 0 aliphatic carbocycles. The average molecular weight is 337 g/mol. The number of benzene rings is 2. The van der Waals surface area contributed by atoms with E-state index in [-0.39, 0.29) is 17.6 Å². The number of amides is 1. The van der Waals surface area contributed by atoms with E-state index in [1.807, 2.05) is 44.2 Å². The molecule has 1 aromatic heterocycles. The molecule has 0 fully saturated rings. The maximum atomic E-state index is 14.1. The lowest BCUT2D eigenvalue weighted by Crippen LogP contribution is -2.16. The number of nitrogens with zero attached hydrogens (tertiary/aromatic N) is 2. The number of anilines is 1. The van der Waals surface area contributed by atoms with Crippen LogP contribution in [-0.4, -0.2) is 15.7 Å². The Morgan fingerprint density at radius 2 is 1.80 bits per heavy atom. The van der Waals surface area contributed by atoms with E-state index in [1.54, 1.807) is 28.9 Å². The molecule has 0 spiro atoms. The summed E-state index contributed by atoms with van der Waals surface area (Å²) in [5.41, 5.74) is 1.67. The van der Waals surface area contributed by atoms with Gasteiger partial charge in [-0.15, -0.1) is 0 Å². The second-order valence-corrected chi connectivity index (χ2v) is 6.29. The molecule has 3 rings (SSSR count). The van der Waals surface area contributed by atoms with Crippen LogP contribution in [0.15, 0.2) is 60.7 Å². The van der Waals surface area contributed by atoms with Gasteiger partial charge in [-0.3, -0.25) is 4.79 Å². The van der Waals surface area contributed by atoms with Crippen LogP contribution in [0, 0.1) is 11.7 Å². The highest BCUT2D eigenvalue weighted by Gasteiger charge is 2.16. The summed E-state index contributed by atoms with van der Waals surface area (Å²) in [6.07, 6.45) is 0.412. The maximum Gasteiger partial charge on any atom is 0.225 e. The Morgan fingerprint density at radius 1 is 1.12 bits per heavy atom. The van der Waals surface area contributed by atoms with Crippen molar-refractivity contribution in [3.63, 3.8) is 0 Å². The van der Waals surface area contributed by atoms with Crippen molar-refractivity contribution in [1.82, 2.24) is 9.78 Å². The highest BCUT2D eigenvalue weighted by molar-refractivity contribution is 5.91. The van der Waals surface area contributed by atoms with Crippen molar-refractivity contribution in [1.29, 1.82) is 0 Å². The first kappa shape index (κ1) is 16.9. The number of rotatable bonds is 5. The summed E-state index contributed by atoms with van der Waals surface area (Å²) in [4.78, 5) is 12.2. The van der Waals surface area contributed by atoms with Gasteiger partial charge in [-0.05, 0) is 30.2 Å². The smallest absolute Gasteiger partial charge is 0.225 e. The largest absolute Gasteiger partial charge is 0.311 e. The van der Waals surface area contributed by atoms with E-state index in [9.17, 15) is 9.18 Å². The molecule has 0 aliphatic rings. The van der Waals surface area contributed by atoms with Crippen LogP contribution in [0.2, 0.25) is 0 Å². The van der Waals surface area contributed by atoms with Crippen LogP contribution in [0.3, 0.4) is 0 Å². The molecule has 25 heavy (non-hydrogen) atoms. The third kappa shape index (κ3) is 3.94. The van der Waals surface area contributed by atoms with Gasteiger partial charge in [-0.25, -0.2) is 9.07 Å². The quantitative estimate of drug-likeness (QED) is 0.736. The molecule has 0 bridgehead atoms. The topological polar surface area (TPSA) is 46.9 Å². The molecule has 0 saturated heterocycles. The minimum Gasteiger partial charge on any atom is -0.311 e.